The molecule has 0 aliphatic rings. The number of rotatable bonds is 5. The zero-order valence-electron chi connectivity index (χ0n) is 13.3. The zero-order valence-corrected chi connectivity index (χ0v) is 14.1. The normalized spacial score (nSPS) is 10.8. The second kappa shape index (κ2) is 7.71. The van der Waals surface area contributed by atoms with E-state index in [1.54, 1.807) is 36.4 Å². The van der Waals surface area contributed by atoms with E-state index in [-0.39, 0.29) is 17.3 Å². The Morgan fingerprint density at radius 2 is 1.69 bits per heavy atom. The standard InChI is InChI=1S/C19H13FN2O3S/c20-15-7-5-13(6-8-15)16-9-10-17(26-16)18(23)22-21-11-12-1-3-14(4-2-12)19(24)25/h1-11H,(H,22,23)(H,24,25)/p-1/b21-11-. The highest BCUT2D eigenvalue weighted by Crippen LogP contribution is 2.28. The maximum absolute atomic E-state index is 13.0. The van der Waals surface area contributed by atoms with Crippen LogP contribution in [-0.2, 0) is 0 Å². The third kappa shape index (κ3) is 4.20. The van der Waals surface area contributed by atoms with Crippen LogP contribution in [0.1, 0.15) is 25.6 Å². The number of nitrogens with one attached hydrogen (secondary N) is 1. The van der Waals surface area contributed by atoms with Crippen molar-refractivity contribution in [3.8, 4) is 10.4 Å². The first kappa shape index (κ1) is 17.5. The molecule has 1 N–H and O–H groups in total. The number of thiophene rings is 1. The molecule has 0 atom stereocenters. The highest BCUT2D eigenvalue weighted by molar-refractivity contribution is 7.17. The van der Waals surface area contributed by atoms with Crippen LogP contribution in [0.5, 0.6) is 0 Å². The lowest BCUT2D eigenvalue weighted by Crippen LogP contribution is -2.22. The molecule has 26 heavy (non-hydrogen) atoms. The number of nitrogens with zero attached hydrogens (tertiary/aromatic N) is 1. The van der Waals surface area contributed by atoms with E-state index in [1.165, 1.54) is 41.8 Å². The lowest BCUT2D eigenvalue weighted by atomic mass is 10.1. The van der Waals surface area contributed by atoms with E-state index in [0.29, 0.717) is 10.4 Å². The fourth-order valence-electron chi connectivity index (χ4n) is 2.16. The number of hydrogen-bond acceptors (Lipinski definition) is 5. The number of hydrogen-bond donors (Lipinski definition) is 1. The first-order chi connectivity index (χ1) is 12.5. The van der Waals surface area contributed by atoms with E-state index in [4.69, 9.17) is 0 Å². The third-order valence-corrected chi connectivity index (χ3v) is 4.62. The minimum absolute atomic E-state index is 0.0677. The third-order valence-electron chi connectivity index (χ3n) is 3.48. The summed E-state index contributed by atoms with van der Waals surface area (Å²) in [6.07, 6.45) is 1.41. The van der Waals surface area contributed by atoms with E-state index in [1.807, 2.05) is 0 Å². The van der Waals surface area contributed by atoms with E-state index in [9.17, 15) is 19.1 Å². The molecule has 1 amide bonds. The summed E-state index contributed by atoms with van der Waals surface area (Å²) < 4.78 is 13.0. The van der Waals surface area contributed by atoms with Crippen molar-refractivity contribution in [2.75, 3.05) is 0 Å². The lowest BCUT2D eigenvalue weighted by Gasteiger charge is -2.01. The van der Waals surface area contributed by atoms with Crippen molar-refractivity contribution in [1.29, 1.82) is 0 Å². The molecule has 0 saturated heterocycles. The summed E-state index contributed by atoms with van der Waals surface area (Å²) in [5.41, 5.74) is 3.94. The van der Waals surface area contributed by atoms with Gasteiger partial charge in [-0.2, -0.15) is 5.10 Å². The van der Waals surface area contributed by atoms with Crippen LogP contribution in [0.3, 0.4) is 0 Å². The molecule has 1 aromatic heterocycles. The molecule has 5 nitrogen and oxygen atoms in total. The largest absolute Gasteiger partial charge is 0.545 e. The van der Waals surface area contributed by atoms with Gasteiger partial charge in [0.1, 0.15) is 5.82 Å². The van der Waals surface area contributed by atoms with Crippen LogP contribution in [0.15, 0.2) is 65.8 Å². The fourth-order valence-corrected chi connectivity index (χ4v) is 3.06. The Balaban J connectivity index is 1.63. The number of halogens is 1. The molecule has 0 aliphatic carbocycles. The molecular formula is C19H12FN2O3S-. The second-order valence-corrected chi connectivity index (χ2v) is 6.36. The van der Waals surface area contributed by atoms with Crippen molar-refractivity contribution in [3.05, 3.63) is 82.5 Å². The van der Waals surface area contributed by atoms with Gasteiger partial charge in [0, 0.05) is 4.88 Å². The van der Waals surface area contributed by atoms with Gasteiger partial charge < -0.3 is 9.90 Å². The Morgan fingerprint density at radius 3 is 2.35 bits per heavy atom. The monoisotopic (exact) mass is 367 g/mol. The number of carbonyl (C=O) groups is 2. The Morgan fingerprint density at radius 1 is 1.00 bits per heavy atom. The smallest absolute Gasteiger partial charge is 0.281 e. The predicted molar refractivity (Wildman–Crippen MR) is 95.5 cm³/mol. The Kier molecular flexibility index (Phi) is 5.19. The van der Waals surface area contributed by atoms with Crippen LogP contribution < -0.4 is 10.5 Å². The van der Waals surface area contributed by atoms with Gasteiger partial charge in [0.2, 0.25) is 0 Å². The number of carbonyl (C=O) groups excluding carboxylic acids is 2. The maximum atomic E-state index is 13.0. The van der Waals surface area contributed by atoms with E-state index in [2.05, 4.69) is 10.5 Å². The van der Waals surface area contributed by atoms with Crippen LogP contribution in [0.2, 0.25) is 0 Å². The molecule has 0 fully saturated rings. The summed E-state index contributed by atoms with van der Waals surface area (Å²) in [6.45, 7) is 0. The first-order valence-corrected chi connectivity index (χ1v) is 8.35. The molecule has 0 radical (unpaired) electrons. The van der Waals surface area contributed by atoms with Gasteiger partial charge in [-0.1, -0.05) is 36.4 Å². The number of hydrazone groups is 1. The molecule has 0 aliphatic heterocycles. The van der Waals surface area contributed by atoms with Crippen molar-refractivity contribution in [2.45, 2.75) is 0 Å². The number of benzene rings is 2. The molecule has 130 valence electrons. The number of carboxylic acid groups (broad SMARTS) is 1. The van der Waals surface area contributed by atoms with Crippen LogP contribution in [0, 0.1) is 5.82 Å². The summed E-state index contributed by atoms with van der Waals surface area (Å²) in [4.78, 5) is 24.1. The summed E-state index contributed by atoms with van der Waals surface area (Å²) in [5, 5.41) is 14.5. The topological polar surface area (TPSA) is 81.6 Å². The molecule has 3 rings (SSSR count). The fraction of sp³-hybridized carbons (Fsp3) is 0. The van der Waals surface area contributed by atoms with Crippen molar-refractivity contribution < 1.29 is 19.1 Å². The second-order valence-electron chi connectivity index (χ2n) is 5.28. The minimum Gasteiger partial charge on any atom is -0.545 e. The summed E-state index contributed by atoms with van der Waals surface area (Å²) in [6, 6.07) is 15.4. The highest BCUT2D eigenvalue weighted by atomic mass is 32.1. The Labute approximate surface area is 152 Å². The van der Waals surface area contributed by atoms with E-state index in [0.717, 1.165) is 10.4 Å². The number of carboxylic acids is 1. The molecule has 1 heterocycles. The number of amides is 1. The van der Waals surface area contributed by atoms with Gasteiger partial charge in [-0.15, -0.1) is 11.3 Å². The number of aromatic carboxylic acids is 1. The van der Waals surface area contributed by atoms with Gasteiger partial charge >= 0.3 is 0 Å². The van der Waals surface area contributed by atoms with E-state index >= 15 is 0 Å². The average molecular weight is 367 g/mol. The van der Waals surface area contributed by atoms with Gasteiger partial charge in [0.15, 0.2) is 0 Å². The van der Waals surface area contributed by atoms with Gasteiger partial charge in [0.05, 0.1) is 17.1 Å². The molecule has 0 bridgehead atoms. The molecule has 0 spiro atoms. The molecule has 0 saturated carbocycles. The molecule has 7 heteroatoms. The lowest BCUT2D eigenvalue weighted by molar-refractivity contribution is -0.255. The molecular weight excluding hydrogens is 355 g/mol. The highest BCUT2D eigenvalue weighted by Gasteiger charge is 2.09. The molecule has 3 aromatic rings. The van der Waals surface area contributed by atoms with Crippen molar-refractivity contribution in [1.82, 2.24) is 5.43 Å². The van der Waals surface area contributed by atoms with Crippen LogP contribution in [-0.4, -0.2) is 18.1 Å². The van der Waals surface area contributed by atoms with Crippen molar-refractivity contribution >= 4 is 29.4 Å². The first-order valence-electron chi connectivity index (χ1n) is 7.53. The molecule has 0 unspecified atom stereocenters. The summed E-state index contributed by atoms with van der Waals surface area (Å²) in [7, 11) is 0. The summed E-state index contributed by atoms with van der Waals surface area (Å²) in [5.74, 6) is -1.94. The predicted octanol–water partition coefficient (Wildman–Crippen LogP) is 2.68. The van der Waals surface area contributed by atoms with Gasteiger partial charge in [0.25, 0.3) is 5.91 Å². The SMILES string of the molecule is O=C([O-])c1ccc(/C=N\NC(=O)c2ccc(-c3ccc(F)cc3)s2)cc1. The van der Waals surface area contributed by atoms with Crippen molar-refractivity contribution in [2.24, 2.45) is 5.10 Å². The maximum Gasteiger partial charge on any atom is 0.281 e. The summed E-state index contributed by atoms with van der Waals surface area (Å²) >= 11 is 1.27. The van der Waals surface area contributed by atoms with Crippen LogP contribution in [0.4, 0.5) is 4.39 Å². The van der Waals surface area contributed by atoms with Crippen LogP contribution in [0.25, 0.3) is 10.4 Å². The Bertz CT molecular complexity index is 963. The average Bonchev–Trinajstić information content (AvgIpc) is 3.13. The zero-order chi connectivity index (χ0) is 18.5. The minimum atomic E-state index is -1.25. The van der Waals surface area contributed by atoms with Gasteiger partial charge in [-0.25, -0.2) is 9.82 Å². The Hall–Kier alpha value is -3.32. The van der Waals surface area contributed by atoms with Crippen molar-refractivity contribution in [3.63, 3.8) is 0 Å². The van der Waals surface area contributed by atoms with Crippen LogP contribution >= 0.6 is 11.3 Å². The van der Waals surface area contributed by atoms with Gasteiger partial charge in [-0.3, -0.25) is 4.79 Å². The quantitative estimate of drug-likeness (QED) is 0.556. The van der Waals surface area contributed by atoms with E-state index < -0.39 is 5.97 Å². The van der Waals surface area contributed by atoms with Gasteiger partial charge in [-0.05, 0) is 41.0 Å². The molecule has 2 aromatic carbocycles.